The van der Waals surface area contributed by atoms with Crippen molar-refractivity contribution in [2.45, 2.75) is 52.4 Å². The molecule has 1 aliphatic carbocycles. The molecule has 3 aromatic rings. The van der Waals surface area contributed by atoms with E-state index in [1.807, 2.05) is 0 Å². The molecule has 26 heavy (non-hydrogen) atoms. The second kappa shape index (κ2) is 5.45. The lowest BCUT2D eigenvalue weighted by Crippen LogP contribution is -2.42. The van der Waals surface area contributed by atoms with Gasteiger partial charge in [-0.25, -0.2) is 0 Å². The Morgan fingerprint density at radius 2 is 1.35 bits per heavy atom. The van der Waals surface area contributed by atoms with Crippen LogP contribution in [0.3, 0.4) is 0 Å². The fourth-order valence-corrected chi connectivity index (χ4v) is 5.10. The summed E-state index contributed by atoms with van der Waals surface area (Å²) >= 11 is 3.59. The quantitative estimate of drug-likeness (QED) is 0.385. The zero-order chi connectivity index (χ0) is 18.9. The van der Waals surface area contributed by atoms with Crippen molar-refractivity contribution in [2.75, 3.05) is 0 Å². The molecule has 0 spiro atoms. The van der Waals surface area contributed by atoms with E-state index >= 15 is 0 Å². The van der Waals surface area contributed by atoms with Crippen molar-refractivity contribution in [2.24, 2.45) is 5.41 Å². The molecular weight excluding hydrogens is 380 g/mol. The minimum absolute atomic E-state index is 0.0816. The van der Waals surface area contributed by atoms with E-state index in [0.29, 0.717) is 0 Å². The lowest BCUT2D eigenvalue weighted by molar-refractivity contribution is 0.125. The van der Waals surface area contributed by atoms with Gasteiger partial charge in [-0.15, -0.1) is 0 Å². The topological polar surface area (TPSA) is 0 Å². The molecule has 1 heteroatoms. The van der Waals surface area contributed by atoms with Crippen molar-refractivity contribution in [1.82, 2.24) is 0 Å². The lowest BCUT2D eigenvalue weighted by Gasteiger charge is -2.44. The minimum atomic E-state index is 0.0816. The minimum Gasteiger partial charge on any atom is -0.0616 e. The van der Waals surface area contributed by atoms with Gasteiger partial charge in [0.15, 0.2) is 0 Å². The van der Waals surface area contributed by atoms with Gasteiger partial charge < -0.3 is 0 Å². The standard InChI is InChI=1S/C25H27Br/c1-23(2)20-15-17-9-7-8-10-19(17)21(16-11-13-18(26)14-12-16)22(20)24(3,4)25(23,5)6/h7-15H,1-6H3. The molecule has 0 aromatic heterocycles. The van der Waals surface area contributed by atoms with Gasteiger partial charge >= 0.3 is 0 Å². The molecule has 0 fully saturated rings. The smallest absolute Gasteiger partial charge is 0.0175 e. The highest BCUT2D eigenvalue weighted by molar-refractivity contribution is 9.10. The highest BCUT2D eigenvalue weighted by Gasteiger charge is 2.57. The number of halogens is 1. The first-order chi connectivity index (χ1) is 12.1. The number of benzene rings is 3. The van der Waals surface area contributed by atoms with Gasteiger partial charge in [0.2, 0.25) is 0 Å². The van der Waals surface area contributed by atoms with Crippen LogP contribution in [0.2, 0.25) is 0 Å². The highest BCUT2D eigenvalue weighted by atomic mass is 79.9. The molecule has 0 unspecified atom stereocenters. The highest BCUT2D eigenvalue weighted by Crippen LogP contribution is 2.64. The van der Waals surface area contributed by atoms with E-state index in [2.05, 4.69) is 112 Å². The summed E-state index contributed by atoms with van der Waals surface area (Å²) in [5.41, 5.74) is 6.09. The summed E-state index contributed by atoms with van der Waals surface area (Å²) in [7, 11) is 0. The van der Waals surface area contributed by atoms with Gasteiger partial charge in [-0.2, -0.15) is 0 Å². The molecule has 3 aromatic carbocycles. The molecule has 0 N–H and O–H groups in total. The predicted octanol–water partition coefficient (Wildman–Crippen LogP) is 7.86. The number of fused-ring (bicyclic) bond motifs is 2. The van der Waals surface area contributed by atoms with Crippen LogP contribution in [0.25, 0.3) is 21.9 Å². The number of hydrogen-bond donors (Lipinski definition) is 0. The second-order valence-corrected chi connectivity index (χ2v) is 10.2. The number of rotatable bonds is 1. The van der Waals surface area contributed by atoms with Gasteiger partial charge in [-0.3, -0.25) is 0 Å². The van der Waals surface area contributed by atoms with E-state index in [1.165, 1.54) is 33.0 Å². The first kappa shape index (κ1) is 17.8. The Balaban J connectivity index is 2.21. The molecule has 0 bridgehead atoms. The third kappa shape index (κ3) is 2.13. The van der Waals surface area contributed by atoms with E-state index in [-0.39, 0.29) is 16.2 Å². The first-order valence-corrected chi connectivity index (χ1v) is 10.2. The molecule has 0 radical (unpaired) electrons. The molecule has 0 atom stereocenters. The second-order valence-electron chi connectivity index (χ2n) is 9.28. The molecule has 0 aliphatic heterocycles. The van der Waals surface area contributed by atoms with Gasteiger partial charge in [0.05, 0.1) is 0 Å². The van der Waals surface area contributed by atoms with E-state index < -0.39 is 0 Å². The molecular formula is C25H27Br. The van der Waals surface area contributed by atoms with Crippen LogP contribution in [-0.2, 0) is 10.8 Å². The predicted molar refractivity (Wildman–Crippen MR) is 117 cm³/mol. The molecule has 0 nitrogen and oxygen atoms in total. The largest absolute Gasteiger partial charge is 0.0616 e. The molecule has 4 rings (SSSR count). The van der Waals surface area contributed by atoms with Crippen LogP contribution < -0.4 is 0 Å². The Morgan fingerprint density at radius 1 is 0.731 bits per heavy atom. The van der Waals surface area contributed by atoms with Crippen molar-refractivity contribution in [3.05, 3.63) is 70.2 Å². The maximum Gasteiger partial charge on any atom is 0.0175 e. The molecule has 0 heterocycles. The zero-order valence-corrected chi connectivity index (χ0v) is 18.2. The molecule has 134 valence electrons. The monoisotopic (exact) mass is 406 g/mol. The van der Waals surface area contributed by atoms with E-state index in [1.54, 1.807) is 0 Å². The van der Waals surface area contributed by atoms with Crippen LogP contribution >= 0.6 is 15.9 Å². The summed E-state index contributed by atoms with van der Waals surface area (Å²) < 4.78 is 1.12. The lowest BCUT2D eigenvalue weighted by atomic mass is 9.59. The van der Waals surface area contributed by atoms with Crippen LogP contribution in [0.1, 0.15) is 52.7 Å². The summed E-state index contributed by atoms with van der Waals surface area (Å²) in [4.78, 5) is 0. The summed E-state index contributed by atoms with van der Waals surface area (Å²) in [5, 5.41) is 2.70. The first-order valence-electron chi connectivity index (χ1n) is 9.42. The van der Waals surface area contributed by atoms with Crippen molar-refractivity contribution in [1.29, 1.82) is 0 Å². The maximum absolute atomic E-state index is 3.59. The summed E-state index contributed by atoms with van der Waals surface area (Å²) in [5.74, 6) is 0. The number of hydrogen-bond acceptors (Lipinski definition) is 0. The van der Waals surface area contributed by atoms with Crippen molar-refractivity contribution >= 4 is 26.7 Å². The normalized spacial score (nSPS) is 19.5. The van der Waals surface area contributed by atoms with Gasteiger partial charge in [0.1, 0.15) is 0 Å². The Bertz CT molecular complexity index is 1000. The van der Waals surface area contributed by atoms with Gasteiger partial charge in [-0.05, 0) is 61.4 Å². The van der Waals surface area contributed by atoms with Crippen molar-refractivity contribution in [3.8, 4) is 11.1 Å². The summed E-state index contributed by atoms with van der Waals surface area (Å²) in [6.07, 6.45) is 0. The average molecular weight is 407 g/mol. The third-order valence-electron chi connectivity index (χ3n) is 7.61. The van der Waals surface area contributed by atoms with Gasteiger partial charge in [-0.1, -0.05) is 99.9 Å². The molecule has 1 aliphatic rings. The van der Waals surface area contributed by atoms with Crippen molar-refractivity contribution in [3.63, 3.8) is 0 Å². The average Bonchev–Trinajstić information content (AvgIpc) is 2.69. The summed E-state index contributed by atoms with van der Waals surface area (Å²) in [6, 6.07) is 20.1. The third-order valence-corrected chi connectivity index (χ3v) is 8.13. The molecule has 0 saturated heterocycles. The Morgan fingerprint density at radius 3 is 2.00 bits per heavy atom. The Kier molecular flexibility index (Phi) is 3.73. The maximum atomic E-state index is 3.59. The fraction of sp³-hybridized carbons (Fsp3) is 0.360. The van der Waals surface area contributed by atoms with Crippen molar-refractivity contribution < 1.29 is 0 Å². The fourth-order valence-electron chi connectivity index (χ4n) is 4.84. The summed E-state index contributed by atoms with van der Waals surface area (Å²) in [6.45, 7) is 14.6. The molecule has 0 amide bonds. The van der Waals surface area contributed by atoms with E-state index in [9.17, 15) is 0 Å². The zero-order valence-electron chi connectivity index (χ0n) is 16.6. The van der Waals surface area contributed by atoms with Crippen LogP contribution in [0.15, 0.2) is 59.1 Å². The van der Waals surface area contributed by atoms with E-state index in [4.69, 9.17) is 0 Å². The van der Waals surface area contributed by atoms with Crippen LogP contribution in [0, 0.1) is 5.41 Å². The van der Waals surface area contributed by atoms with Crippen LogP contribution in [-0.4, -0.2) is 0 Å². The van der Waals surface area contributed by atoms with E-state index in [0.717, 1.165) is 4.47 Å². The Hall–Kier alpha value is -1.60. The van der Waals surface area contributed by atoms with Crippen LogP contribution in [0.5, 0.6) is 0 Å². The molecule has 0 saturated carbocycles. The SMILES string of the molecule is CC1(C)c2cc3ccccc3c(-c3ccc(Br)cc3)c2C(C)(C)C1(C)C. The van der Waals surface area contributed by atoms with Gasteiger partial charge in [0, 0.05) is 4.47 Å². The van der Waals surface area contributed by atoms with Gasteiger partial charge in [0.25, 0.3) is 0 Å². The Labute approximate surface area is 165 Å². The van der Waals surface area contributed by atoms with Crippen LogP contribution in [0.4, 0.5) is 0 Å².